The molecule has 1 heterocycles. The molecule has 0 aromatic heterocycles. The van der Waals surface area contributed by atoms with Crippen LogP contribution in [-0.2, 0) is 24.8 Å². The van der Waals surface area contributed by atoms with Crippen molar-refractivity contribution in [2.45, 2.75) is 22.6 Å². The first-order valence-electron chi connectivity index (χ1n) is 9.61. The monoisotopic (exact) mass is 469 g/mol. The lowest BCUT2D eigenvalue weighted by molar-refractivity contribution is -0.120. The number of amides is 1. The molecule has 0 saturated carbocycles. The fourth-order valence-electron chi connectivity index (χ4n) is 3.28. The van der Waals surface area contributed by atoms with Crippen LogP contribution in [0.3, 0.4) is 0 Å². The van der Waals surface area contributed by atoms with Crippen molar-refractivity contribution in [3.8, 4) is 0 Å². The molecule has 2 aromatic rings. The third kappa shape index (κ3) is 5.12. The number of hydrogen-bond donors (Lipinski definition) is 1. The van der Waals surface area contributed by atoms with Crippen molar-refractivity contribution >= 4 is 31.6 Å². The zero-order valence-corrected chi connectivity index (χ0v) is 18.8. The zero-order valence-electron chi connectivity index (χ0n) is 17.2. The third-order valence-electron chi connectivity index (χ3n) is 5.18. The minimum absolute atomic E-state index is 0.000537. The van der Waals surface area contributed by atoms with Crippen molar-refractivity contribution in [1.82, 2.24) is 8.61 Å². The van der Waals surface area contributed by atoms with Crippen molar-refractivity contribution in [3.63, 3.8) is 0 Å². The van der Waals surface area contributed by atoms with E-state index in [1.54, 1.807) is 0 Å². The summed E-state index contributed by atoms with van der Waals surface area (Å²) in [7, 11) is -4.66. The number of halogens is 1. The van der Waals surface area contributed by atoms with Gasteiger partial charge in [0, 0.05) is 38.8 Å². The maximum absolute atomic E-state index is 13.0. The number of nitrogens with zero attached hydrogens (tertiary/aromatic N) is 2. The third-order valence-corrected chi connectivity index (χ3v) is 8.92. The first kappa shape index (κ1) is 23.3. The number of carbonyl (C=O) groups excluding carboxylic acids is 1. The van der Waals surface area contributed by atoms with Crippen LogP contribution in [0.2, 0.25) is 0 Å². The number of anilines is 1. The minimum atomic E-state index is -3.81. The highest BCUT2D eigenvalue weighted by molar-refractivity contribution is 7.89. The van der Waals surface area contributed by atoms with Gasteiger partial charge in [-0.25, -0.2) is 25.5 Å². The van der Waals surface area contributed by atoms with E-state index < -0.39 is 25.9 Å². The minimum Gasteiger partial charge on any atom is -0.326 e. The fourth-order valence-corrected chi connectivity index (χ4v) is 5.65. The number of rotatable bonds is 6. The van der Waals surface area contributed by atoms with Gasteiger partial charge in [0.25, 0.3) is 0 Å². The number of piperidine rings is 1. The van der Waals surface area contributed by atoms with Gasteiger partial charge in [-0.3, -0.25) is 4.79 Å². The second-order valence-corrected chi connectivity index (χ2v) is 11.5. The van der Waals surface area contributed by atoms with E-state index in [-0.39, 0.29) is 34.7 Å². The van der Waals surface area contributed by atoms with E-state index in [9.17, 15) is 26.0 Å². The molecule has 1 N–H and O–H groups in total. The molecule has 0 aliphatic carbocycles. The van der Waals surface area contributed by atoms with Gasteiger partial charge >= 0.3 is 0 Å². The van der Waals surface area contributed by atoms with Crippen molar-refractivity contribution in [2.24, 2.45) is 5.92 Å². The van der Waals surface area contributed by atoms with Crippen LogP contribution in [0, 0.1) is 11.7 Å². The van der Waals surface area contributed by atoms with Gasteiger partial charge in [-0.15, -0.1) is 0 Å². The van der Waals surface area contributed by atoms with Crippen LogP contribution in [0.15, 0.2) is 58.3 Å². The Balaban J connectivity index is 1.64. The summed E-state index contributed by atoms with van der Waals surface area (Å²) in [4.78, 5) is 12.4. The molecule has 0 unspecified atom stereocenters. The molecule has 31 heavy (non-hydrogen) atoms. The number of benzene rings is 2. The summed E-state index contributed by atoms with van der Waals surface area (Å²) in [5, 5.41) is 2.72. The Labute approximate surface area is 181 Å². The maximum atomic E-state index is 13.0. The quantitative estimate of drug-likeness (QED) is 0.698. The summed E-state index contributed by atoms with van der Waals surface area (Å²) in [6.45, 7) is 0.336. The fraction of sp³-hybridized carbons (Fsp3) is 0.350. The highest BCUT2D eigenvalue weighted by Crippen LogP contribution is 2.26. The van der Waals surface area contributed by atoms with Gasteiger partial charge in [0.2, 0.25) is 26.0 Å². The number of nitrogens with one attached hydrogen (secondary N) is 1. The highest BCUT2D eigenvalue weighted by Gasteiger charge is 2.32. The van der Waals surface area contributed by atoms with Crippen LogP contribution >= 0.6 is 0 Å². The van der Waals surface area contributed by atoms with E-state index in [4.69, 9.17) is 0 Å². The Morgan fingerprint density at radius 1 is 0.935 bits per heavy atom. The molecule has 2 aromatic carbocycles. The molecule has 168 valence electrons. The molecule has 1 saturated heterocycles. The molecule has 0 atom stereocenters. The Morgan fingerprint density at radius 2 is 1.45 bits per heavy atom. The smallest absolute Gasteiger partial charge is 0.243 e. The van der Waals surface area contributed by atoms with Crippen molar-refractivity contribution in [1.29, 1.82) is 0 Å². The average Bonchev–Trinajstić information content (AvgIpc) is 2.75. The molecule has 3 rings (SSSR count). The van der Waals surface area contributed by atoms with Gasteiger partial charge in [0.05, 0.1) is 9.79 Å². The van der Waals surface area contributed by atoms with Crippen LogP contribution in [0.25, 0.3) is 0 Å². The summed E-state index contributed by atoms with van der Waals surface area (Å²) in [6.07, 6.45) is 0.693. The first-order valence-corrected chi connectivity index (χ1v) is 12.5. The van der Waals surface area contributed by atoms with E-state index in [1.807, 2.05) is 0 Å². The van der Waals surface area contributed by atoms with Crippen LogP contribution in [0.1, 0.15) is 12.8 Å². The number of sulfonamides is 2. The second kappa shape index (κ2) is 9.03. The molecule has 8 nitrogen and oxygen atoms in total. The molecular weight excluding hydrogens is 445 g/mol. The lowest BCUT2D eigenvalue weighted by atomic mass is 9.97. The topological polar surface area (TPSA) is 104 Å². The van der Waals surface area contributed by atoms with Crippen LogP contribution in [0.4, 0.5) is 10.1 Å². The summed E-state index contributed by atoms with van der Waals surface area (Å²) < 4.78 is 65.5. The molecule has 1 aliphatic heterocycles. The Bertz CT molecular complexity index is 1140. The Kier molecular flexibility index (Phi) is 6.79. The molecule has 1 amide bonds. The zero-order chi connectivity index (χ0) is 22.8. The summed E-state index contributed by atoms with van der Waals surface area (Å²) in [6, 6.07) is 10.5. The predicted octanol–water partition coefficient (Wildman–Crippen LogP) is 2.12. The van der Waals surface area contributed by atoms with E-state index in [1.165, 1.54) is 66.9 Å². The van der Waals surface area contributed by atoms with Gasteiger partial charge in [-0.2, -0.15) is 4.31 Å². The van der Waals surface area contributed by atoms with Gasteiger partial charge in [0.15, 0.2) is 0 Å². The summed E-state index contributed by atoms with van der Waals surface area (Å²) in [5.41, 5.74) is 0.481. The average molecular weight is 470 g/mol. The molecule has 1 fully saturated rings. The summed E-state index contributed by atoms with van der Waals surface area (Å²) in [5.74, 6) is -0.991. The Morgan fingerprint density at radius 3 is 1.97 bits per heavy atom. The van der Waals surface area contributed by atoms with Crippen LogP contribution < -0.4 is 5.32 Å². The van der Waals surface area contributed by atoms with Gasteiger partial charge in [-0.1, -0.05) is 0 Å². The van der Waals surface area contributed by atoms with E-state index in [2.05, 4.69) is 5.32 Å². The first-order chi connectivity index (χ1) is 14.5. The predicted molar refractivity (Wildman–Crippen MR) is 114 cm³/mol. The van der Waals surface area contributed by atoms with Crippen molar-refractivity contribution < 1.29 is 26.0 Å². The molecular formula is C20H24FN3O5S2. The normalized spacial score (nSPS) is 16.4. The standard InChI is InChI=1S/C20H24FN3O5S2/c1-23(2)30(26,27)18-7-9-19(10-8-18)31(28,29)24-13-11-15(12-14-24)20(25)22-17-5-3-16(21)4-6-17/h3-10,15H,11-14H2,1-2H3,(H,22,25). The summed E-state index contributed by atoms with van der Waals surface area (Å²) >= 11 is 0. The molecule has 0 radical (unpaired) electrons. The van der Waals surface area contributed by atoms with Crippen molar-refractivity contribution in [2.75, 3.05) is 32.5 Å². The highest BCUT2D eigenvalue weighted by atomic mass is 32.2. The largest absolute Gasteiger partial charge is 0.326 e. The van der Waals surface area contributed by atoms with E-state index >= 15 is 0 Å². The van der Waals surface area contributed by atoms with E-state index in [0.29, 0.717) is 18.5 Å². The van der Waals surface area contributed by atoms with E-state index in [0.717, 1.165) is 4.31 Å². The maximum Gasteiger partial charge on any atom is 0.243 e. The SMILES string of the molecule is CN(C)S(=O)(=O)c1ccc(S(=O)(=O)N2CCC(C(=O)Nc3ccc(F)cc3)CC2)cc1. The van der Waals surface area contributed by atoms with Crippen LogP contribution in [0.5, 0.6) is 0 Å². The second-order valence-electron chi connectivity index (χ2n) is 7.43. The van der Waals surface area contributed by atoms with Gasteiger partial charge in [0.1, 0.15) is 5.82 Å². The van der Waals surface area contributed by atoms with Gasteiger partial charge < -0.3 is 5.32 Å². The Hall–Kier alpha value is -2.34. The molecule has 0 bridgehead atoms. The lowest BCUT2D eigenvalue weighted by Crippen LogP contribution is -2.41. The molecule has 1 aliphatic rings. The molecule has 0 spiro atoms. The molecule has 11 heteroatoms. The van der Waals surface area contributed by atoms with Crippen molar-refractivity contribution in [3.05, 3.63) is 54.3 Å². The van der Waals surface area contributed by atoms with Gasteiger partial charge in [-0.05, 0) is 61.4 Å². The lowest BCUT2D eigenvalue weighted by Gasteiger charge is -2.30. The van der Waals surface area contributed by atoms with Crippen LogP contribution in [-0.4, -0.2) is 58.5 Å². The number of carbonyl (C=O) groups is 1. The number of hydrogen-bond acceptors (Lipinski definition) is 5.